The van der Waals surface area contributed by atoms with Crippen LogP contribution in [0.1, 0.15) is 24.7 Å². The summed E-state index contributed by atoms with van der Waals surface area (Å²) in [5, 5.41) is 13.6. The summed E-state index contributed by atoms with van der Waals surface area (Å²) in [4.78, 5) is 3.97. The Morgan fingerprint density at radius 3 is 2.86 bits per heavy atom. The molecule has 2 aromatic rings. The Balaban J connectivity index is 2.03. The van der Waals surface area contributed by atoms with Crippen molar-refractivity contribution in [2.24, 2.45) is 7.05 Å². The van der Waals surface area contributed by atoms with E-state index in [9.17, 15) is 8.42 Å². The molecule has 0 amide bonds. The average molecular weight is 313 g/mol. The molecule has 0 aliphatic rings. The van der Waals surface area contributed by atoms with Crippen molar-refractivity contribution in [3.8, 4) is 0 Å². The first-order chi connectivity index (χ1) is 10.0. The van der Waals surface area contributed by atoms with Gasteiger partial charge in [0.25, 0.3) is 10.0 Å². The predicted octanol–water partition coefficient (Wildman–Crippen LogP) is -0.484. The summed E-state index contributed by atoms with van der Waals surface area (Å²) in [5.74, 6) is 0.409. The molecule has 0 radical (unpaired) electrons. The van der Waals surface area contributed by atoms with Crippen molar-refractivity contribution in [1.82, 2.24) is 35.0 Å². The molecule has 10 heteroatoms. The van der Waals surface area contributed by atoms with Gasteiger partial charge in [-0.05, 0) is 13.0 Å². The van der Waals surface area contributed by atoms with Crippen LogP contribution in [0.2, 0.25) is 0 Å². The smallest absolute Gasteiger partial charge is 0.258 e. The number of aromatic nitrogens is 5. The van der Waals surface area contributed by atoms with E-state index in [4.69, 9.17) is 0 Å². The number of hydrogen-bond donors (Lipinski definition) is 3. The van der Waals surface area contributed by atoms with Gasteiger partial charge in [-0.3, -0.25) is 9.78 Å². The zero-order valence-corrected chi connectivity index (χ0v) is 12.8. The van der Waals surface area contributed by atoms with E-state index in [0.29, 0.717) is 17.9 Å². The number of hydrogen-bond acceptors (Lipinski definition) is 6. The molecule has 116 valence electrons. The predicted molar refractivity (Wildman–Crippen MR) is 75.6 cm³/mol. The number of sulfonamides is 1. The van der Waals surface area contributed by atoms with Crippen LogP contribution in [0.4, 0.5) is 0 Å². The zero-order chi connectivity index (χ0) is 15.3. The van der Waals surface area contributed by atoms with Gasteiger partial charge in [0.05, 0.1) is 12.7 Å². The van der Waals surface area contributed by atoms with E-state index in [0.717, 1.165) is 13.0 Å². The minimum Gasteiger partial charge on any atom is -0.313 e. The Bertz CT molecular complexity index is 676. The van der Waals surface area contributed by atoms with Crippen LogP contribution in [-0.4, -0.2) is 39.9 Å². The summed E-state index contributed by atoms with van der Waals surface area (Å²) < 4.78 is 28.5. The van der Waals surface area contributed by atoms with Crippen LogP contribution in [0, 0.1) is 0 Å². The van der Waals surface area contributed by atoms with Crippen LogP contribution in [0.25, 0.3) is 0 Å². The van der Waals surface area contributed by atoms with Crippen LogP contribution < -0.4 is 10.0 Å². The Hall–Kier alpha value is -1.78. The monoisotopic (exact) mass is 313 g/mol. The number of aryl methyl sites for hydroxylation is 1. The van der Waals surface area contributed by atoms with Crippen molar-refractivity contribution in [1.29, 1.82) is 0 Å². The van der Waals surface area contributed by atoms with E-state index in [-0.39, 0.29) is 11.6 Å². The van der Waals surface area contributed by atoms with E-state index in [1.54, 1.807) is 7.05 Å². The van der Waals surface area contributed by atoms with Crippen LogP contribution in [0.15, 0.2) is 17.6 Å². The molecule has 2 aromatic heterocycles. The molecule has 3 N–H and O–H groups in total. The van der Waals surface area contributed by atoms with Gasteiger partial charge in [-0.1, -0.05) is 6.92 Å². The minimum atomic E-state index is -3.67. The highest BCUT2D eigenvalue weighted by molar-refractivity contribution is 7.89. The normalized spacial score (nSPS) is 11.9. The molecule has 0 saturated carbocycles. The second-order valence-corrected chi connectivity index (χ2v) is 6.26. The first kappa shape index (κ1) is 15.6. The highest BCUT2D eigenvalue weighted by Crippen LogP contribution is 2.11. The molecule has 0 aliphatic carbocycles. The molecular weight excluding hydrogens is 294 g/mol. The number of rotatable bonds is 8. The van der Waals surface area contributed by atoms with Gasteiger partial charge >= 0.3 is 0 Å². The quantitative estimate of drug-likeness (QED) is 0.566. The molecule has 2 rings (SSSR count). The summed E-state index contributed by atoms with van der Waals surface area (Å²) >= 11 is 0. The van der Waals surface area contributed by atoms with E-state index in [2.05, 4.69) is 30.3 Å². The summed E-state index contributed by atoms with van der Waals surface area (Å²) in [6.07, 6.45) is 4.00. The standard InChI is InChI=1S/C11H19N7O2S/c1-3-4-12-5-9-6-14-16-11(9)21(19,20)15-7-10-13-8-18(2)17-10/h6,8,12,15H,3-5,7H2,1-2H3,(H,14,16). The fourth-order valence-corrected chi connectivity index (χ4v) is 2.86. The number of H-pyrrole nitrogens is 1. The van der Waals surface area contributed by atoms with E-state index >= 15 is 0 Å². The van der Waals surface area contributed by atoms with E-state index in [1.807, 2.05) is 6.92 Å². The number of nitrogens with one attached hydrogen (secondary N) is 3. The maximum absolute atomic E-state index is 12.3. The molecule has 9 nitrogen and oxygen atoms in total. The maximum atomic E-state index is 12.3. The van der Waals surface area contributed by atoms with Crippen LogP contribution in [0.3, 0.4) is 0 Å². The first-order valence-corrected chi connectivity index (χ1v) is 8.08. The van der Waals surface area contributed by atoms with Crippen molar-refractivity contribution in [2.75, 3.05) is 6.54 Å². The third-order valence-electron chi connectivity index (χ3n) is 2.76. The average Bonchev–Trinajstić information content (AvgIpc) is 3.06. The molecule has 0 aromatic carbocycles. The van der Waals surface area contributed by atoms with Gasteiger partial charge in [0.1, 0.15) is 6.33 Å². The fraction of sp³-hybridized carbons (Fsp3) is 0.545. The van der Waals surface area contributed by atoms with Crippen LogP contribution in [0.5, 0.6) is 0 Å². The molecule has 2 heterocycles. The molecule has 0 unspecified atom stereocenters. The third kappa shape index (κ3) is 4.09. The van der Waals surface area contributed by atoms with Gasteiger partial charge in [-0.25, -0.2) is 18.1 Å². The second-order valence-electron chi connectivity index (χ2n) is 4.56. The van der Waals surface area contributed by atoms with Gasteiger partial charge in [-0.15, -0.1) is 0 Å². The van der Waals surface area contributed by atoms with Crippen LogP contribution in [-0.2, 0) is 30.2 Å². The Labute approximate surface area is 123 Å². The molecule has 0 spiro atoms. The molecule has 0 atom stereocenters. The SMILES string of the molecule is CCCNCc1cn[nH]c1S(=O)(=O)NCc1ncn(C)n1. The lowest BCUT2D eigenvalue weighted by Gasteiger charge is -2.06. The zero-order valence-electron chi connectivity index (χ0n) is 12.0. The van der Waals surface area contributed by atoms with Gasteiger partial charge < -0.3 is 5.32 Å². The van der Waals surface area contributed by atoms with Crippen molar-refractivity contribution in [2.45, 2.75) is 31.5 Å². The van der Waals surface area contributed by atoms with Crippen LogP contribution >= 0.6 is 0 Å². The van der Waals surface area contributed by atoms with Gasteiger partial charge in [-0.2, -0.15) is 10.2 Å². The topological polar surface area (TPSA) is 118 Å². The van der Waals surface area contributed by atoms with E-state index in [1.165, 1.54) is 17.2 Å². The number of nitrogens with zero attached hydrogens (tertiary/aromatic N) is 4. The lowest BCUT2D eigenvalue weighted by atomic mass is 10.3. The van der Waals surface area contributed by atoms with Gasteiger partial charge in [0.15, 0.2) is 10.9 Å². The molecule has 0 fully saturated rings. The Morgan fingerprint density at radius 2 is 2.19 bits per heavy atom. The largest absolute Gasteiger partial charge is 0.313 e. The molecule has 21 heavy (non-hydrogen) atoms. The molecule has 0 bridgehead atoms. The number of aromatic amines is 1. The fourth-order valence-electron chi connectivity index (χ4n) is 1.75. The summed E-state index contributed by atoms with van der Waals surface area (Å²) in [6.45, 7) is 3.34. The third-order valence-corrected chi connectivity index (χ3v) is 4.17. The molecule has 0 aliphatic heterocycles. The van der Waals surface area contributed by atoms with Gasteiger partial charge in [0.2, 0.25) is 0 Å². The first-order valence-electron chi connectivity index (χ1n) is 6.60. The van der Waals surface area contributed by atoms with E-state index < -0.39 is 10.0 Å². The van der Waals surface area contributed by atoms with Crippen molar-refractivity contribution in [3.63, 3.8) is 0 Å². The van der Waals surface area contributed by atoms with Crippen molar-refractivity contribution in [3.05, 3.63) is 23.9 Å². The summed E-state index contributed by atoms with van der Waals surface area (Å²) in [5.41, 5.74) is 0.602. The Kier molecular flexibility index (Phi) is 5.04. The Morgan fingerprint density at radius 1 is 1.38 bits per heavy atom. The van der Waals surface area contributed by atoms with Gasteiger partial charge in [0, 0.05) is 19.2 Å². The lowest BCUT2D eigenvalue weighted by Crippen LogP contribution is -2.26. The lowest BCUT2D eigenvalue weighted by molar-refractivity contribution is 0.571. The maximum Gasteiger partial charge on any atom is 0.258 e. The van der Waals surface area contributed by atoms with Crippen molar-refractivity contribution < 1.29 is 8.42 Å². The summed E-state index contributed by atoms with van der Waals surface area (Å²) in [7, 11) is -1.95. The molecular formula is C11H19N7O2S. The molecule has 0 saturated heterocycles. The highest BCUT2D eigenvalue weighted by atomic mass is 32.2. The summed E-state index contributed by atoms with van der Waals surface area (Å²) in [6, 6.07) is 0. The highest BCUT2D eigenvalue weighted by Gasteiger charge is 2.20. The van der Waals surface area contributed by atoms with Crippen molar-refractivity contribution >= 4 is 10.0 Å². The second kappa shape index (κ2) is 6.78. The minimum absolute atomic E-state index is 0.0318.